The van der Waals surface area contributed by atoms with Crippen molar-refractivity contribution in [3.63, 3.8) is 0 Å². The van der Waals surface area contributed by atoms with Crippen molar-refractivity contribution >= 4 is 5.97 Å². The Bertz CT molecular complexity index is 490. The van der Waals surface area contributed by atoms with Crippen molar-refractivity contribution in [2.24, 2.45) is 5.92 Å². The number of rotatable bonds is 3. The highest BCUT2D eigenvalue weighted by Crippen LogP contribution is 2.25. The van der Waals surface area contributed by atoms with Gasteiger partial charge in [-0.2, -0.15) is 5.26 Å². The first kappa shape index (κ1) is 13.6. The molecule has 2 atom stereocenters. The number of hydrogen-bond acceptors (Lipinski definition) is 3. The van der Waals surface area contributed by atoms with Crippen molar-refractivity contribution in [3.8, 4) is 6.07 Å². The standard InChI is InChI=1S/C15H18N2O2/c1-11-3-2-8-17(14(11)15(18)19)10-13-6-4-12(9-16)5-7-13/h4-7,11,14H,2-3,8,10H2,1H3,(H,18,19). The van der Waals surface area contributed by atoms with Crippen molar-refractivity contribution in [2.75, 3.05) is 6.54 Å². The van der Waals surface area contributed by atoms with Crippen LogP contribution in [0.4, 0.5) is 0 Å². The lowest BCUT2D eigenvalue weighted by atomic mass is 9.90. The molecule has 1 aliphatic heterocycles. The van der Waals surface area contributed by atoms with Crippen LogP contribution in [-0.4, -0.2) is 28.6 Å². The lowest BCUT2D eigenvalue weighted by Gasteiger charge is -2.37. The van der Waals surface area contributed by atoms with E-state index in [1.54, 1.807) is 12.1 Å². The fourth-order valence-corrected chi connectivity index (χ4v) is 2.77. The maximum Gasteiger partial charge on any atom is 0.321 e. The number of nitrogens with zero attached hydrogens (tertiary/aromatic N) is 2. The molecule has 0 bridgehead atoms. The molecule has 0 spiro atoms. The maximum absolute atomic E-state index is 11.4. The lowest BCUT2D eigenvalue weighted by Crippen LogP contribution is -2.48. The van der Waals surface area contributed by atoms with Crippen LogP contribution in [0.1, 0.15) is 30.9 Å². The van der Waals surface area contributed by atoms with E-state index >= 15 is 0 Å². The summed E-state index contributed by atoms with van der Waals surface area (Å²) in [6, 6.07) is 9.04. The van der Waals surface area contributed by atoms with Gasteiger partial charge in [-0.05, 0) is 43.0 Å². The number of likely N-dealkylation sites (tertiary alicyclic amines) is 1. The fourth-order valence-electron chi connectivity index (χ4n) is 2.77. The third-order valence-corrected chi connectivity index (χ3v) is 3.76. The summed E-state index contributed by atoms with van der Waals surface area (Å²) in [7, 11) is 0. The highest BCUT2D eigenvalue weighted by atomic mass is 16.4. The molecular formula is C15H18N2O2. The molecule has 1 N–H and O–H groups in total. The number of aliphatic carboxylic acids is 1. The molecule has 1 aliphatic rings. The third kappa shape index (κ3) is 3.12. The van der Waals surface area contributed by atoms with Crippen molar-refractivity contribution in [2.45, 2.75) is 32.4 Å². The summed E-state index contributed by atoms with van der Waals surface area (Å²) in [5, 5.41) is 18.1. The molecular weight excluding hydrogens is 240 g/mol. The Morgan fingerprint density at radius 2 is 2.16 bits per heavy atom. The summed E-state index contributed by atoms with van der Waals surface area (Å²) in [6.07, 6.45) is 2.02. The van der Waals surface area contributed by atoms with Crippen LogP contribution in [0.5, 0.6) is 0 Å². The highest BCUT2D eigenvalue weighted by molar-refractivity contribution is 5.74. The first-order chi connectivity index (χ1) is 9.11. The average molecular weight is 258 g/mol. The molecule has 4 nitrogen and oxygen atoms in total. The molecule has 0 aliphatic carbocycles. The summed E-state index contributed by atoms with van der Waals surface area (Å²) < 4.78 is 0. The van der Waals surface area contributed by atoms with Crippen LogP contribution in [0.3, 0.4) is 0 Å². The van der Waals surface area contributed by atoms with Gasteiger partial charge in [0.05, 0.1) is 11.6 Å². The van der Waals surface area contributed by atoms with Crippen molar-refractivity contribution in [1.29, 1.82) is 5.26 Å². The van der Waals surface area contributed by atoms with Gasteiger partial charge in [-0.25, -0.2) is 0 Å². The number of carboxylic acids is 1. The first-order valence-electron chi connectivity index (χ1n) is 6.57. The smallest absolute Gasteiger partial charge is 0.321 e. The zero-order valence-electron chi connectivity index (χ0n) is 11.0. The molecule has 0 amide bonds. The third-order valence-electron chi connectivity index (χ3n) is 3.76. The molecule has 0 saturated carbocycles. The first-order valence-corrected chi connectivity index (χ1v) is 6.57. The average Bonchev–Trinajstić information content (AvgIpc) is 2.39. The Kier molecular flexibility index (Phi) is 4.18. The molecule has 1 aromatic carbocycles. The van der Waals surface area contributed by atoms with E-state index in [1.807, 2.05) is 24.0 Å². The summed E-state index contributed by atoms with van der Waals surface area (Å²) in [5.74, 6) is -0.550. The van der Waals surface area contributed by atoms with Crippen LogP contribution < -0.4 is 0 Å². The minimum Gasteiger partial charge on any atom is -0.480 e. The van der Waals surface area contributed by atoms with E-state index in [0.717, 1.165) is 24.9 Å². The molecule has 4 heteroatoms. The van der Waals surface area contributed by atoms with Crippen LogP contribution >= 0.6 is 0 Å². The maximum atomic E-state index is 11.4. The van der Waals surface area contributed by atoms with Crippen molar-refractivity contribution in [3.05, 3.63) is 35.4 Å². The molecule has 0 aromatic heterocycles. The summed E-state index contributed by atoms with van der Waals surface area (Å²) in [6.45, 7) is 3.46. The predicted octanol–water partition coefficient (Wildman–Crippen LogP) is 2.24. The van der Waals surface area contributed by atoms with E-state index in [4.69, 9.17) is 5.26 Å². The Hall–Kier alpha value is -1.86. The topological polar surface area (TPSA) is 64.3 Å². The zero-order chi connectivity index (χ0) is 13.8. The van der Waals surface area contributed by atoms with Gasteiger partial charge >= 0.3 is 5.97 Å². The van der Waals surface area contributed by atoms with Crippen LogP contribution in [0.2, 0.25) is 0 Å². The molecule has 1 saturated heterocycles. The van der Waals surface area contributed by atoms with Gasteiger partial charge in [-0.1, -0.05) is 19.1 Å². The van der Waals surface area contributed by atoms with Gasteiger partial charge in [0, 0.05) is 6.54 Å². The summed E-state index contributed by atoms with van der Waals surface area (Å²) in [5.41, 5.74) is 1.69. The fraction of sp³-hybridized carbons (Fsp3) is 0.467. The minimum atomic E-state index is -0.735. The molecule has 1 aromatic rings. The Morgan fingerprint density at radius 3 is 2.74 bits per heavy atom. The molecule has 0 radical (unpaired) electrons. The normalized spacial score (nSPS) is 23.8. The molecule has 2 unspecified atom stereocenters. The quantitative estimate of drug-likeness (QED) is 0.903. The lowest BCUT2D eigenvalue weighted by molar-refractivity contribution is -0.147. The number of hydrogen-bond donors (Lipinski definition) is 1. The van der Waals surface area contributed by atoms with Crippen LogP contribution in [-0.2, 0) is 11.3 Å². The molecule has 1 fully saturated rings. The molecule has 2 rings (SSSR count). The predicted molar refractivity (Wildman–Crippen MR) is 71.4 cm³/mol. The number of piperidine rings is 1. The van der Waals surface area contributed by atoms with Gasteiger partial charge in [-0.3, -0.25) is 9.69 Å². The van der Waals surface area contributed by atoms with Gasteiger partial charge in [-0.15, -0.1) is 0 Å². The van der Waals surface area contributed by atoms with E-state index in [1.165, 1.54) is 0 Å². The van der Waals surface area contributed by atoms with Crippen molar-refractivity contribution < 1.29 is 9.90 Å². The van der Waals surface area contributed by atoms with Crippen molar-refractivity contribution in [1.82, 2.24) is 4.90 Å². The largest absolute Gasteiger partial charge is 0.480 e. The summed E-state index contributed by atoms with van der Waals surface area (Å²) in [4.78, 5) is 13.4. The zero-order valence-corrected chi connectivity index (χ0v) is 11.0. The van der Waals surface area contributed by atoms with E-state index in [-0.39, 0.29) is 5.92 Å². The Balaban J connectivity index is 2.11. The molecule has 1 heterocycles. The Morgan fingerprint density at radius 1 is 1.47 bits per heavy atom. The van der Waals surface area contributed by atoms with Gasteiger partial charge < -0.3 is 5.11 Å². The second-order valence-electron chi connectivity index (χ2n) is 5.18. The van der Waals surface area contributed by atoms with Gasteiger partial charge in [0.15, 0.2) is 0 Å². The van der Waals surface area contributed by atoms with Gasteiger partial charge in [0.1, 0.15) is 6.04 Å². The number of benzene rings is 1. The highest BCUT2D eigenvalue weighted by Gasteiger charge is 2.33. The molecule has 19 heavy (non-hydrogen) atoms. The van der Waals surface area contributed by atoms with E-state index in [2.05, 4.69) is 6.07 Å². The molecule has 100 valence electrons. The van der Waals surface area contributed by atoms with Gasteiger partial charge in [0.2, 0.25) is 0 Å². The van der Waals surface area contributed by atoms with Crippen LogP contribution in [0.25, 0.3) is 0 Å². The summed E-state index contributed by atoms with van der Waals surface area (Å²) >= 11 is 0. The monoisotopic (exact) mass is 258 g/mol. The van der Waals surface area contributed by atoms with Gasteiger partial charge in [0.25, 0.3) is 0 Å². The number of carboxylic acid groups (broad SMARTS) is 1. The number of carbonyl (C=O) groups is 1. The van der Waals surface area contributed by atoms with E-state index in [9.17, 15) is 9.90 Å². The van der Waals surface area contributed by atoms with E-state index < -0.39 is 12.0 Å². The van der Waals surface area contributed by atoms with E-state index in [0.29, 0.717) is 12.1 Å². The number of nitriles is 1. The SMILES string of the molecule is CC1CCCN(Cc2ccc(C#N)cc2)C1C(=O)O. The minimum absolute atomic E-state index is 0.185. The Labute approximate surface area is 113 Å². The second kappa shape index (κ2) is 5.85. The van der Waals surface area contributed by atoms with Crippen LogP contribution in [0.15, 0.2) is 24.3 Å². The van der Waals surface area contributed by atoms with Crippen LogP contribution in [0, 0.1) is 17.2 Å². The second-order valence-corrected chi connectivity index (χ2v) is 5.18.